The maximum absolute atomic E-state index is 13.2. The fraction of sp³-hybridized carbons (Fsp3) is 0.455. The second-order valence-corrected chi connectivity index (χ2v) is 6.63. The van der Waals surface area contributed by atoms with Crippen LogP contribution in [0.2, 0.25) is 0 Å². The average Bonchev–Trinajstić information content (AvgIpc) is 2.22. The van der Waals surface area contributed by atoms with Gasteiger partial charge in [0, 0.05) is 11.8 Å². The zero-order chi connectivity index (χ0) is 14.8. The summed E-state index contributed by atoms with van der Waals surface area (Å²) in [7, 11) is 0. The van der Waals surface area contributed by atoms with Gasteiger partial charge in [-0.3, -0.25) is 0 Å². The van der Waals surface area contributed by atoms with E-state index < -0.39 is 33.8 Å². The van der Waals surface area contributed by atoms with Crippen molar-refractivity contribution in [3.8, 4) is 0 Å². The van der Waals surface area contributed by atoms with Crippen LogP contribution in [0.4, 0.5) is 17.6 Å². The van der Waals surface area contributed by atoms with Gasteiger partial charge < -0.3 is 4.55 Å². The van der Waals surface area contributed by atoms with Crippen molar-refractivity contribution in [2.45, 2.75) is 31.7 Å². The molecule has 0 amide bonds. The van der Waals surface area contributed by atoms with Crippen LogP contribution < -0.4 is 0 Å². The van der Waals surface area contributed by atoms with Gasteiger partial charge in [-0.25, -0.2) is 9.37 Å². The quantitative estimate of drug-likeness (QED) is 0.478. The van der Waals surface area contributed by atoms with Crippen molar-refractivity contribution < 1.29 is 22.1 Å². The molecular formula is C11H12F4N2OS. The summed E-state index contributed by atoms with van der Waals surface area (Å²) in [6, 6.07) is 0.652. The Morgan fingerprint density at radius 2 is 1.89 bits per heavy atom. The molecule has 1 aromatic heterocycles. The molecule has 0 aromatic carbocycles. The van der Waals surface area contributed by atoms with Crippen molar-refractivity contribution in [2.24, 2.45) is 4.40 Å². The first-order valence-corrected chi connectivity index (χ1v) is 6.31. The predicted octanol–water partition coefficient (Wildman–Crippen LogP) is 3.12. The molecule has 0 radical (unpaired) electrons. The molecule has 0 fully saturated rings. The Kier molecular flexibility index (Phi) is 4.57. The number of rotatable bonds is 2. The largest absolute Gasteiger partial charge is 0.591 e. The summed E-state index contributed by atoms with van der Waals surface area (Å²) < 4.78 is 64.6. The van der Waals surface area contributed by atoms with Crippen LogP contribution in [0.25, 0.3) is 0 Å². The number of halogens is 4. The van der Waals surface area contributed by atoms with E-state index in [-0.39, 0.29) is 5.56 Å². The van der Waals surface area contributed by atoms with Crippen molar-refractivity contribution in [2.75, 3.05) is 0 Å². The molecule has 0 aliphatic rings. The average molecular weight is 296 g/mol. The van der Waals surface area contributed by atoms with Crippen LogP contribution in [0, 0.1) is 5.82 Å². The van der Waals surface area contributed by atoms with Gasteiger partial charge in [0.15, 0.2) is 11.5 Å². The Morgan fingerprint density at radius 1 is 1.32 bits per heavy atom. The number of hydrogen-bond acceptors (Lipinski definition) is 3. The third-order valence-electron chi connectivity index (χ3n) is 1.95. The van der Waals surface area contributed by atoms with Gasteiger partial charge in [-0.1, -0.05) is 4.40 Å². The standard InChI is InChI=1S/C11H12F4N2OS/c1-10(2,3)19(18)17-6-7-4-8(12)9(16-5-7)11(13,14)15/h4-6H,1-3H3/b17-6+/t19-/m1/s1. The molecule has 0 aliphatic carbocycles. The molecule has 8 heteroatoms. The molecule has 0 spiro atoms. The molecule has 0 saturated carbocycles. The van der Waals surface area contributed by atoms with Crippen LogP contribution in [0.3, 0.4) is 0 Å². The highest BCUT2D eigenvalue weighted by atomic mass is 32.2. The summed E-state index contributed by atoms with van der Waals surface area (Å²) in [6.45, 7) is 5.06. The van der Waals surface area contributed by atoms with E-state index >= 15 is 0 Å². The molecule has 19 heavy (non-hydrogen) atoms. The first kappa shape index (κ1) is 15.9. The van der Waals surface area contributed by atoms with Gasteiger partial charge in [-0.05, 0) is 26.8 Å². The maximum Gasteiger partial charge on any atom is 0.436 e. The van der Waals surface area contributed by atoms with Gasteiger partial charge in [0.2, 0.25) is 0 Å². The molecule has 1 atom stereocenters. The Bertz CT molecular complexity index is 483. The van der Waals surface area contributed by atoms with Crippen molar-refractivity contribution in [1.82, 2.24) is 4.98 Å². The lowest BCUT2D eigenvalue weighted by atomic mass is 10.2. The van der Waals surface area contributed by atoms with Gasteiger partial charge in [0.05, 0.1) is 6.21 Å². The molecule has 0 aliphatic heterocycles. The van der Waals surface area contributed by atoms with Crippen LogP contribution in [0.5, 0.6) is 0 Å². The minimum Gasteiger partial charge on any atom is -0.591 e. The molecule has 1 rings (SSSR count). The van der Waals surface area contributed by atoms with Crippen molar-refractivity contribution in [1.29, 1.82) is 0 Å². The van der Waals surface area contributed by atoms with Crippen LogP contribution in [0.15, 0.2) is 16.7 Å². The summed E-state index contributed by atoms with van der Waals surface area (Å²) in [6.07, 6.45) is -2.97. The highest BCUT2D eigenvalue weighted by Gasteiger charge is 2.36. The molecule has 0 N–H and O–H groups in total. The molecule has 0 unspecified atom stereocenters. The van der Waals surface area contributed by atoms with Crippen LogP contribution in [0.1, 0.15) is 32.0 Å². The van der Waals surface area contributed by atoms with E-state index in [0.29, 0.717) is 6.07 Å². The summed E-state index contributed by atoms with van der Waals surface area (Å²) in [5.41, 5.74) is -1.57. The lowest BCUT2D eigenvalue weighted by Gasteiger charge is -2.17. The molecule has 1 aromatic rings. The number of pyridine rings is 1. The van der Waals surface area contributed by atoms with E-state index in [1.807, 2.05) is 0 Å². The second kappa shape index (κ2) is 5.46. The van der Waals surface area contributed by atoms with E-state index in [1.54, 1.807) is 20.8 Å². The topological polar surface area (TPSA) is 48.3 Å². The third-order valence-corrected chi connectivity index (χ3v) is 3.30. The van der Waals surface area contributed by atoms with E-state index in [2.05, 4.69) is 9.38 Å². The van der Waals surface area contributed by atoms with Crippen LogP contribution in [-0.4, -0.2) is 20.5 Å². The van der Waals surface area contributed by atoms with Gasteiger partial charge in [-0.15, -0.1) is 0 Å². The van der Waals surface area contributed by atoms with E-state index in [4.69, 9.17) is 0 Å². The van der Waals surface area contributed by atoms with Crippen LogP contribution in [-0.2, 0) is 17.5 Å². The minimum atomic E-state index is -4.84. The van der Waals surface area contributed by atoms with E-state index in [1.165, 1.54) is 0 Å². The van der Waals surface area contributed by atoms with Crippen molar-refractivity contribution in [3.05, 3.63) is 29.3 Å². The molecule has 3 nitrogen and oxygen atoms in total. The van der Waals surface area contributed by atoms with Gasteiger partial charge in [0.25, 0.3) is 0 Å². The van der Waals surface area contributed by atoms with E-state index in [9.17, 15) is 22.1 Å². The monoisotopic (exact) mass is 296 g/mol. The maximum atomic E-state index is 13.2. The van der Waals surface area contributed by atoms with E-state index in [0.717, 1.165) is 12.4 Å². The molecule has 0 saturated heterocycles. The fourth-order valence-electron chi connectivity index (χ4n) is 0.999. The molecular weight excluding hydrogens is 284 g/mol. The highest BCUT2D eigenvalue weighted by molar-refractivity contribution is 7.91. The molecule has 1 heterocycles. The Morgan fingerprint density at radius 3 is 2.32 bits per heavy atom. The zero-order valence-corrected chi connectivity index (χ0v) is 11.3. The number of alkyl halides is 3. The third kappa shape index (κ3) is 4.46. The SMILES string of the molecule is CC(C)(C)[S@@+]([O-])/N=C/c1cnc(C(F)(F)F)c(F)c1. The molecule has 106 valence electrons. The van der Waals surface area contributed by atoms with Gasteiger partial charge >= 0.3 is 6.18 Å². The smallest absolute Gasteiger partial charge is 0.436 e. The summed E-state index contributed by atoms with van der Waals surface area (Å²) >= 11 is -1.57. The summed E-state index contributed by atoms with van der Waals surface area (Å²) in [5.74, 6) is -1.49. The Balaban J connectivity index is 2.94. The fourth-order valence-corrected chi connectivity index (χ4v) is 1.53. The number of aromatic nitrogens is 1. The van der Waals surface area contributed by atoms with Gasteiger partial charge in [-0.2, -0.15) is 13.2 Å². The predicted molar refractivity (Wildman–Crippen MR) is 64.7 cm³/mol. The zero-order valence-electron chi connectivity index (χ0n) is 10.5. The molecule has 0 bridgehead atoms. The minimum absolute atomic E-state index is 0.0168. The van der Waals surface area contributed by atoms with Crippen molar-refractivity contribution in [3.63, 3.8) is 0 Å². The normalized spacial score (nSPS) is 14.9. The van der Waals surface area contributed by atoms with Crippen LogP contribution >= 0.6 is 0 Å². The Labute approximate surface area is 111 Å². The first-order valence-electron chi connectivity index (χ1n) is 5.20. The number of nitrogens with zero attached hydrogens (tertiary/aromatic N) is 2. The van der Waals surface area contributed by atoms with Gasteiger partial charge in [0.1, 0.15) is 16.1 Å². The summed E-state index contributed by atoms with van der Waals surface area (Å²) in [5, 5.41) is 0. The lowest BCUT2D eigenvalue weighted by Crippen LogP contribution is -2.25. The summed E-state index contributed by atoms with van der Waals surface area (Å²) in [4.78, 5) is 3.00. The first-order chi connectivity index (χ1) is 8.51. The van der Waals surface area contributed by atoms with Crippen molar-refractivity contribution >= 4 is 17.6 Å². The Hall–Kier alpha value is -1.15. The number of hydrogen-bond donors (Lipinski definition) is 0. The lowest BCUT2D eigenvalue weighted by molar-refractivity contribution is -0.143. The highest BCUT2D eigenvalue weighted by Crippen LogP contribution is 2.29. The second-order valence-electron chi connectivity index (χ2n) is 4.69.